The summed E-state index contributed by atoms with van der Waals surface area (Å²) in [6.45, 7) is 5.34. The van der Waals surface area contributed by atoms with E-state index in [2.05, 4.69) is 17.1 Å². The van der Waals surface area contributed by atoms with E-state index in [1.54, 1.807) is 13.2 Å². The van der Waals surface area contributed by atoms with Crippen molar-refractivity contribution >= 4 is 17.5 Å². The number of ether oxygens (including phenoxy) is 2. The predicted octanol–water partition coefficient (Wildman–Crippen LogP) is 1.91. The number of nitrogens with one attached hydrogen (secondary N) is 1. The van der Waals surface area contributed by atoms with E-state index in [-0.39, 0.29) is 17.9 Å². The molecule has 1 unspecified atom stereocenters. The number of hydrogen-bond acceptors (Lipinski definition) is 5. The molecule has 2 heterocycles. The number of rotatable bonds is 6. The molecule has 28 heavy (non-hydrogen) atoms. The smallest absolute Gasteiger partial charge is 0.251 e. The van der Waals surface area contributed by atoms with Crippen molar-refractivity contribution < 1.29 is 19.1 Å². The Morgan fingerprint density at radius 2 is 2.04 bits per heavy atom. The summed E-state index contributed by atoms with van der Waals surface area (Å²) >= 11 is 0. The number of amides is 2. The third kappa shape index (κ3) is 4.76. The molecule has 2 aliphatic rings. The van der Waals surface area contributed by atoms with Gasteiger partial charge in [-0.2, -0.15) is 0 Å². The Hall–Kier alpha value is -2.28. The molecule has 2 amide bonds. The molecule has 2 aliphatic heterocycles. The Bertz CT molecular complexity index is 701. The fraction of sp³-hybridized carbons (Fsp3) is 0.619. The lowest BCUT2D eigenvalue weighted by Gasteiger charge is -2.37. The van der Waals surface area contributed by atoms with Crippen LogP contribution >= 0.6 is 0 Å². The normalized spacial score (nSPS) is 19.8. The van der Waals surface area contributed by atoms with E-state index < -0.39 is 0 Å². The van der Waals surface area contributed by atoms with Crippen LogP contribution in [0, 0.1) is 5.92 Å². The van der Waals surface area contributed by atoms with Gasteiger partial charge < -0.3 is 24.6 Å². The zero-order chi connectivity index (χ0) is 20.1. The minimum atomic E-state index is -0.145. The van der Waals surface area contributed by atoms with Gasteiger partial charge in [0.25, 0.3) is 5.91 Å². The summed E-state index contributed by atoms with van der Waals surface area (Å²) in [4.78, 5) is 29.1. The van der Waals surface area contributed by atoms with Crippen LogP contribution in [0.15, 0.2) is 18.2 Å². The number of methoxy groups -OCH3 is 1. The molecule has 0 aliphatic carbocycles. The van der Waals surface area contributed by atoms with Crippen LogP contribution in [0.3, 0.4) is 0 Å². The Balaban J connectivity index is 1.64. The SMILES string of the molecule is COCCNC(=O)c1ccc2c(c1)N(C)C(CC(=O)N1CCC(C)CC1)CO2. The minimum Gasteiger partial charge on any atom is -0.489 e. The van der Waals surface area contributed by atoms with Crippen LogP contribution in [0.5, 0.6) is 5.75 Å². The number of benzene rings is 1. The van der Waals surface area contributed by atoms with Gasteiger partial charge in [0.2, 0.25) is 5.91 Å². The molecule has 1 atom stereocenters. The van der Waals surface area contributed by atoms with Gasteiger partial charge in [-0.05, 0) is 37.0 Å². The molecule has 154 valence electrons. The van der Waals surface area contributed by atoms with Crippen molar-refractivity contribution in [2.45, 2.75) is 32.2 Å². The van der Waals surface area contributed by atoms with Crippen LogP contribution in [0.2, 0.25) is 0 Å². The number of likely N-dealkylation sites (tertiary alicyclic amines) is 1. The number of likely N-dealkylation sites (N-methyl/N-ethyl adjacent to an activating group) is 1. The number of nitrogens with zero attached hydrogens (tertiary/aromatic N) is 2. The average Bonchev–Trinajstić information content (AvgIpc) is 2.70. The number of carbonyl (C=O) groups is 2. The van der Waals surface area contributed by atoms with E-state index >= 15 is 0 Å². The molecule has 0 spiro atoms. The highest BCUT2D eigenvalue weighted by Crippen LogP contribution is 2.34. The third-order valence-electron chi connectivity index (χ3n) is 5.72. The van der Waals surface area contributed by atoms with Crippen LogP contribution in [0.1, 0.15) is 36.5 Å². The van der Waals surface area contributed by atoms with Gasteiger partial charge in [-0.1, -0.05) is 6.92 Å². The molecule has 1 saturated heterocycles. The maximum absolute atomic E-state index is 12.7. The first-order valence-corrected chi connectivity index (χ1v) is 10.0. The molecule has 0 aromatic heterocycles. The Morgan fingerprint density at radius 1 is 1.29 bits per heavy atom. The monoisotopic (exact) mass is 389 g/mol. The number of anilines is 1. The molecule has 0 saturated carbocycles. The maximum atomic E-state index is 12.7. The van der Waals surface area contributed by atoms with Crippen LogP contribution < -0.4 is 15.0 Å². The topological polar surface area (TPSA) is 71.1 Å². The summed E-state index contributed by atoms with van der Waals surface area (Å²) in [6, 6.07) is 5.37. The number of fused-ring (bicyclic) bond motifs is 1. The quantitative estimate of drug-likeness (QED) is 0.753. The lowest BCUT2D eigenvalue weighted by Crippen LogP contribution is -2.46. The molecule has 1 aromatic rings. The van der Waals surface area contributed by atoms with Crippen molar-refractivity contribution in [1.82, 2.24) is 10.2 Å². The second-order valence-corrected chi connectivity index (χ2v) is 7.77. The summed E-state index contributed by atoms with van der Waals surface area (Å²) < 4.78 is 10.8. The fourth-order valence-electron chi connectivity index (χ4n) is 3.70. The highest BCUT2D eigenvalue weighted by Gasteiger charge is 2.30. The van der Waals surface area contributed by atoms with E-state index in [0.29, 0.717) is 37.7 Å². The van der Waals surface area contributed by atoms with Gasteiger partial charge in [0.05, 0.1) is 24.8 Å². The first kappa shape index (κ1) is 20.5. The second kappa shape index (κ2) is 9.28. The largest absolute Gasteiger partial charge is 0.489 e. The van der Waals surface area contributed by atoms with E-state index in [4.69, 9.17) is 9.47 Å². The van der Waals surface area contributed by atoms with Crippen LogP contribution in [-0.4, -0.2) is 69.8 Å². The van der Waals surface area contributed by atoms with Gasteiger partial charge >= 0.3 is 0 Å². The molecule has 0 bridgehead atoms. The summed E-state index contributed by atoms with van der Waals surface area (Å²) in [5.41, 5.74) is 1.41. The summed E-state index contributed by atoms with van der Waals surface area (Å²) in [5.74, 6) is 1.48. The summed E-state index contributed by atoms with van der Waals surface area (Å²) in [5, 5.41) is 2.83. The van der Waals surface area contributed by atoms with Crippen molar-refractivity contribution in [2.75, 3.05) is 51.9 Å². The molecule has 1 aromatic carbocycles. The highest BCUT2D eigenvalue weighted by molar-refractivity contribution is 5.95. The van der Waals surface area contributed by atoms with Crippen molar-refractivity contribution in [2.24, 2.45) is 5.92 Å². The van der Waals surface area contributed by atoms with Gasteiger partial charge in [-0.25, -0.2) is 0 Å². The number of hydrogen-bond donors (Lipinski definition) is 1. The first-order chi connectivity index (χ1) is 13.5. The lowest BCUT2D eigenvalue weighted by atomic mass is 9.98. The average molecular weight is 389 g/mol. The van der Waals surface area contributed by atoms with Gasteiger partial charge in [-0.15, -0.1) is 0 Å². The molecule has 3 rings (SSSR count). The van der Waals surface area contributed by atoms with Gasteiger partial charge in [0.1, 0.15) is 12.4 Å². The van der Waals surface area contributed by atoms with Crippen LogP contribution in [0.25, 0.3) is 0 Å². The Labute approximate surface area is 167 Å². The Morgan fingerprint density at radius 3 is 2.75 bits per heavy atom. The maximum Gasteiger partial charge on any atom is 0.251 e. The van der Waals surface area contributed by atoms with Gasteiger partial charge in [0.15, 0.2) is 0 Å². The van der Waals surface area contributed by atoms with Gasteiger partial charge in [0, 0.05) is 39.4 Å². The zero-order valence-electron chi connectivity index (χ0n) is 17.1. The van der Waals surface area contributed by atoms with Crippen molar-refractivity contribution in [1.29, 1.82) is 0 Å². The molecule has 7 heteroatoms. The number of carbonyl (C=O) groups excluding carboxylic acids is 2. The molecule has 1 fully saturated rings. The van der Waals surface area contributed by atoms with Crippen molar-refractivity contribution in [3.05, 3.63) is 23.8 Å². The van der Waals surface area contributed by atoms with Gasteiger partial charge in [-0.3, -0.25) is 9.59 Å². The third-order valence-corrected chi connectivity index (χ3v) is 5.72. The second-order valence-electron chi connectivity index (χ2n) is 7.77. The van der Waals surface area contributed by atoms with E-state index in [1.165, 1.54) is 0 Å². The highest BCUT2D eigenvalue weighted by atomic mass is 16.5. The molecule has 0 radical (unpaired) electrons. The van der Waals surface area contributed by atoms with Crippen molar-refractivity contribution in [3.8, 4) is 5.75 Å². The predicted molar refractivity (Wildman–Crippen MR) is 108 cm³/mol. The minimum absolute atomic E-state index is 0.0360. The van der Waals surface area contributed by atoms with E-state index in [0.717, 1.165) is 37.4 Å². The molecular formula is C21H31N3O4. The standard InChI is InChI=1S/C21H31N3O4/c1-15-6-9-24(10-7-15)20(25)13-17-14-28-19-5-4-16(12-18(19)23(17)2)21(26)22-8-11-27-3/h4-5,12,15,17H,6-11,13-14H2,1-3H3,(H,22,26). The molecular weight excluding hydrogens is 358 g/mol. The summed E-state index contributed by atoms with van der Waals surface area (Å²) in [7, 11) is 3.56. The molecule has 7 nitrogen and oxygen atoms in total. The number of piperidine rings is 1. The van der Waals surface area contributed by atoms with E-state index in [1.807, 2.05) is 24.1 Å². The Kier molecular flexibility index (Phi) is 6.78. The van der Waals surface area contributed by atoms with Crippen LogP contribution in [-0.2, 0) is 9.53 Å². The first-order valence-electron chi connectivity index (χ1n) is 10.0. The molecule has 1 N–H and O–H groups in total. The van der Waals surface area contributed by atoms with E-state index in [9.17, 15) is 9.59 Å². The fourth-order valence-corrected chi connectivity index (χ4v) is 3.70. The zero-order valence-corrected chi connectivity index (χ0v) is 17.1. The lowest BCUT2D eigenvalue weighted by molar-refractivity contribution is -0.133. The summed E-state index contributed by atoms with van der Waals surface area (Å²) in [6.07, 6.45) is 2.58. The van der Waals surface area contributed by atoms with Crippen LogP contribution in [0.4, 0.5) is 5.69 Å². The van der Waals surface area contributed by atoms with Crippen molar-refractivity contribution in [3.63, 3.8) is 0 Å².